The lowest BCUT2D eigenvalue weighted by atomic mass is 10.3. The van der Waals surface area contributed by atoms with Crippen LogP contribution in [-0.4, -0.2) is 42.4 Å². The monoisotopic (exact) mass is 374 g/mol. The maximum Gasteiger partial charge on any atom is 0.316 e. The Morgan fingerprint density at radius 3 is 2.50 bits per heavy atom. The van der Waals surface area contributed by atoms with Crippen LogP contribution >= 0.6 is 7.57 Å². The molecular weight excluding hydrogens is 356 g/mol. The molecule has 9 heteroatoms. The lowest BCUT2D eigenvalue weighted by Gasteiger charge is -2.08. The molecule has 7 nitrogen and oxygen atoms in total. The van der Waals surface area contributed by atoms with E-state index in [0.717, 1.165) is 5.69 Å². The van der Waals surface area contributed by atoms with Crippen molar-refractivity contribution in [1.29, 1.82) is 0 Å². The highest BCUT2D eigenvalue weighted by Gasteiger charge is 2.54. The summed E-state index contributed by atoms with van der Waals surface area (Å²) in [5, 5.41) is 4.13. The summed E-state index contributed by atoms with van der Waals surface area (Å²) in [6.07, 6.45) is 9.95. The molecule has 134 valence electrons. The summed E-state index contributed by atoms with van der Waals surface area (Å²) < 4.78 is 18.1. The predicted octanol–water partition coefficient (Wildman–Crippen LogP) is 1.55. The van der Waals surface area contributed by atoms with Crippen LogP contribution in [0.15, 0.2) is 58.8 Å². The summed E-state index contributed by atoms with van der Waals surface area (Å²) >= 11 is 0. The number of hydrogen-bond acceptors (Lipinski definition) is 4. The molecular formula is C17H18FN5O2P+. The van der Waals surface area contributed by atoms with Crippen molar-refractivity contribution in [1.82, 2.24) is 23.9 Å². The highest BCUT2D eigenvalue weighted by Crippen LogP contribution is 2.73. The van der Waals surface area contributed by atoms with Crippen molar-refractivity contribution in [3.8, 4) is 5.69 Å². The van der Waals surface area contributed by atoms with Gasteiger partial charge in [0.25, 0.3) is 0 Å². The summed E-state index contributed by atoms with van der Waals surface area (Å²) in [6, 6.07) is 5.46. The minimum absolute atomic E-state index is 0.203. The van der Waals surface area contributed by atoms with Crippen molar-refractivity contribution < 1.29 is 4.20 Å². The molecule has 4 heterocycles. The van der Waals surface area contributed by atoms with Crippen molar-refractivity contribution in [2.45, 2.75) is 13.1 Å². The van der Waals surface area contributed by atoms with Crippen LogP contribution < -0.4 is 11.1 Å². The summed E-state index contributed by atoms with van der Waals surface area (Å²) in [7, 11) is -2.24. The molecule has 0 aliphatic carbocycles. The Balaban J connectivity index is 1.50. The third-order valence-corrected chi connectivity index (χ3v) is 6.91. The fraction of sp³-hybridized carbons (Fsp3) is 0.294. The van der Waals surface area contributed by atoms with Crippen LogP contribution in [0.1, 0.15) is 5.69 Å². The molecule has 1 aliphatic heterocycles. The van der Waals surface area contributed by atoms with Crippen LogP contribution in [0.25, 0.3) is 5.69 Å². The van der Waals surface area contributed by atoms with E-state index in [9.17, 15) is 13.8 Å². The number of halogens is 1. The Morgan fingerprint density at radius 1 is 1.08 bits per heavy atom. The van der Waals surface area contributed by atoms with Gasteiger partial charge < -0.3 is 9.13 Å². The molecule has 0 atom stereocenters. The van der Waals surface area contributed by atoms with Gasteiger partial charge >= 0.3 is 11.1 Å². The normalized spacial score (nSPS) is 15.1. The van der Waals surface area contributed by atoms with E-state index in [1.54, 1.807) is 35.5 Å². The standard InChI is InChI=1S/C17H18FN5O2P/c18-26(10-11-26)9-8-21-6-7-22(17(25)16(21)24)13-14-2-3-15(12-19-14)23-5-1-4-20-23/h1-7,12H,8-11,13H2/q+1. The number of aryl methyl sites for hydroxylation is 1. The summed E-state index contributed by atoms with van der Waals surface area (Å²) in [4.78, 5) is 28.8. The predicted molar refractivity (Wildman–Crippen MR) is 98.1 cm³/mol. The number of pyridine rings is 1. The molecule has 0 spiro atoms. The molecule has 1 aliphatic rings. The number of nitrogens with zero attached hydrogens (tertiary/aromatic N) is 5. The van der Waals surface area contributed by atoms with Crippen LogP contribution in [-0.2, 0) is 13.1 Å². The lowest BCUT2D eigenvalue weighted by molar-refractivity contribution is 0.644. The Hall–Kier alpha value is -2.60. The molecule has 1 fully saturated rings. The average Bonchev–Trinajstić information content (AvgIpc) is 3.15. The Morgan fingerprint density at radius 2 is 1.85 bits per heavy atom. The van der Waals surface area contributed by atoms with Crippen LogP contribution in [0.5, 0.6) is 0 Å². The molecule has 0 bridgehead atoms. The summed E-state index contributed by atoms with van der Waals surface area (Å²) in [5.41, 5.74) is 0.235. The molecule has 1 saturated heterocycles. The van der Waals surface area contributed by atoms with Crippen molar-refractivity contribution >= 4 is 7.57 Å². The van der Waals surface area contributed by atoms with Gasteiger partial charge in [-0.2, -0.15) is 5.10 Å². The second-order valence-corrected chi connectivity index (χ2v) is 9.79. The van der Waals surface area contributed by atoms with Crippen molar-refractivity contribution in [3.63, 3.8) is 0 Å². The Bertz CT molecular complexity index is 1020. The number of aromatic nitrogens is 5. The van der Waals surface area contributed by atoms with Crippen molar-refractivity contribution in [2.24, 2.45) is 0 Å². The van der Waals surface area contributed by atoms with Crippen molar-refractivity contribution in [3.05, 3.63) is 75.6 Å². The van der Waals surface area contributed by atoms with Crippen LogP contribution in [0, 0.1) is 0 Å². The maximum absolute atomic E-state index is 13.8. The van der Waals surface area contributed by atoms with Crippen LogP contribution in [0.4, 0.5) is 4.20 Å². The SMILES string of the molecule is O=c1c(=O)n(Cc2ccc(-n3cccn3)cn2)ccn1CC[P+]1(F)CC1. The van der Waals surface area contributed by atoms with E-state index in [2.05, 4.69) is 10.1 Å². The molecule has 0 radical (unpaired) electrons. The van der Waals surface area contributed by atoms with Gasteiger partial charge in [-0.1, -0.05) is 4.20 Å². The zero-order chi connectivity index (χ0) is 18.1. The second kappa shape index (κ2) is 6.61. The molecule has 3 aromatic heterocycles. The second-order valence-electron chi connectivity index (χ2n) is 6.39. The Labute approximate surface area is 149 Å². The van der Waals surface area contributed by atoms with Gasteiger partial charge in [0.1, 0.15) is 18.5 Å². The largest absolute Gasteiger partial charge is 0.316 e. The minimum Gasteiger partial charge on any atom is -0.306 e. The molecule has 0 saturated carbocycles. The Kier molecular flexibility index (Phi) is 4.28. The zero-order valence-electron chi connectivity index (χ0n) is 14.0. The molecule has 0 N–H and O–H groups in total. The summed E-state index contributed by atoms with van der Waals surface area (Å²) in [6.45, 7) is 0.477. The first-order valence-electron chi connectivity index (χ1n) is 8.35. The van der Waals surface area contributed by atoms with E-state index >= 15 is 0 Å². The topological polar surface area (TPSA) is 74.7 Å². The van der Waals surface area contributed by atoms with Crippen molar-refractivity contribution in [2.75, 3.05) is 18.5 Å². The highest BCUT2D eigenvalue weighted by molar-refractivity contribution is 7.78. The molecule has 26 heavy (non-hydrogen) atoms. The van der Waals surface area contributed by atoms with Gasteiger partial charge in [0, 0.05) is 24.8 Å². The van der Waals surface area contributed by atoms with Gasteiger partial charge in [-0.15, -0.1) is 0 Å². The average molecular weight is 374 g/mol. The molecule has 0 amide bonds. The first-order valence-corrected chi connectivity index (χ1v) is 10.6. The molecule has 4 rings (SSSR count). The van der Waals surface area contributed by atoms with Crippen LogP contribution in [0.3, 0.4) is 0 Å². The smallest absolute Gasteiger partial charge is 0.306 e. The van der Waals surface area contributed by atoms with E-state index in [-0.39, 0.29) is 13.1 Å². The van der Waals surface area contributed by atoms with E-state index in [1.165, 1.54) is 9.13 Å². The number of rotatable bonds is 6. The maximum atomic E-state index is 13.8. The van der Waals surface area contributed by atoms with Gasteiger partial charge in [0.2, 0.25) is 7.57 Å². The molecule has 0 aromatic carbocycles. The van der Waals surface area contributed by atoms with Crippen LogP contribution in [0.2, 0.25) is 0 Å². The highest BCUT2D eigenvalue weighted by atomic mass is 31.2. The molecule has 3 aromatic rings. The first-order chi connectivity index (χ1) is 12.5. The van der Waals surface area contributed by atoms with Gasteiger partial charge in [0.15, 0.2) is 0 Å². The first kappa shape index (κ1) is 16.8. The van der Waals surface area contributed by atoms with E-state index in [4.69, 9.17) is 0 Å². The summed E-state index contributed by atoms with van der Waals surface area (Å²) in [5.74, 6) is 0. The lowest BCUT2D eigenvalue weighted by Crippen LogP contribution is -2.41. The third-order valence-electron chi connectivity index (χ3n) is 4.49. The van der Waals surface area contributed by atoms with Gasteiger partial charge in [-0.05, 0) is 18.2 Å². The van der Waals surface area contributed by atoms with E-state index < -0.39 is 18.7 Å². The third kappa shape index (κ3) is 3.51. The number of hydrogen-bond donors (Lipinski definition) is 0. The van der Waals surface area contributed by atoms with E-state index in [1.807, 2.05) is 18.3 Å². The molecule has 0 unspecified atom stereocenters. The van der Waals surface area contributed by atoms with E-state index in [0.29, 0.717) is 24.2 Å². The zero-order valence-corrected chi connectivity index (χ0v) is 14.9. The fourth-order valence-corrected chi connectivity index (χ4v) is 4.59. The van der Waals surface area contributed by atoms with Gasteiger partial charge in [-0.25, -0.2) is 4.68 Å². The minimum atomic E-state index is -2.24. The fourth-order valence-electron chi connectivity index (χ4n) is 2.70. The van der Waals surface area contributed by atoms with Gasteiger partial charge in [-0.3, -0.25) is 14.6 Å². The quantitative estimate of drug-likeness (QED) is 0.485. The van der Waals surface area contributed by atoms with Gasteiger partial charge in [0.05, 0.1) is 30.7 Å².